The van der Waals surface area contributed by atoms with Gasteiger partial charge < -0.3 is 19.3 Å². The van der Waals surface area contributed by atoms with Crippen LogP contribution < -0.4 is 19.1 Å². The maximum Gasteiger partial charge on any atom is 0.300 e. The molecule has 0 spiro atoms. The molecule has 7 nitrogen and oxygen atoms in total. The molecule has 180 valence electrons. The Kier molecular flexibility index (Phi) is 6.84. The van der Waals surface area contributed by atoms with Gasteiger partial charge in [0.15, 0.2) is 0 Å². The van der Waals surface area contributed by atoms with Crippen LogP contribution in [-0.2, 0) is 9.59 Å². The molecule has 0 unspecified atom stereocenters. The van der Waals surface area contributed by atoms with E-state index in [4.69, 9.17) is 14.2 Å². The van der Waals surface area contributed by atoms with E-state index in [9.17, 15) is 14.7 Å². The zero-order chi connectivity index (χ0) is 25.3. The number of rotatable bonds is 6. The molecule has 0 aliphatic carbocycles. The van der Waals surface area contributed by atoms with Gasteiger partial charge >= 0.3 is 0 Å². The molecule has 3 aromatic rings. The van der Waals surface area contributed by atoms with E-state index in [2.05, 4.69) is 15.9 Å². The van der Waals surface area contributed by atoms with Gasteiger partial charge in [-0.1, -0.05) is 22.0 Å². The Balaban J connectivity index is 1.98. The van der Waals surface area contributed by atoms with Crippen LogP contribution in [0.2, 0.25) is 0 Å². The summed E-state index contributed by atoms with van der Waals surface area (Å²) in [7, 11) is 4.57. The number of ketones is 1. The van der Waals surface area contributed by atoms with Crippen LogP contribution in [0.25, 0.3) is 5.76 Å². The van der Waals surface area contributed by atoms with E-state index in [0.717, 1.165) is 10.0 Å². The highest BCUT2D eigenvalue weighted by Gasteiger charge is 2.48. The first-order chi connectivity index (χ1) is 16.8. The van der Waals surface area contributed by atoms with Crippen molar-refractivity contribution in [2.24, 2.45) is 0 Å². The van der Waals surface area contributed by atoms with Gasteiger partial charge in [-0.05, 0) is 61.0 Å². The third-order valence-corrected chi connectivity index (χ3v) is 6.83. The molecule has 1 fully saturated rings. The normalized spacial score (nSPS) is 16.9. The minimum absolute atomic E-state index is 0.0414. The van der Waals surface area contributed by atoms with Crippen LogP contribution in [0, 0.1) is 6.92 Å². The summed E-state index contributed by atoms with van der Waals surface area (Å²) in [6.45, 7) is 1.93. The van der Waals surface area contributed by atoms with Gasteiger partial charge in [0.05, 0.1) is 32.9 Å². The van der Waals surface area contributed by atoms with Gasteiger partial charge in [0.2, 0.25) is 0 Å². The lowest BCUT2D eigenvalue weighted by Gasteiger charge is -2.27. The minimum atomic E-state index is -0.937. The van der Waals surface area contributed by atoms with Gasteiger partial charge in [0.25, 0.3) is 11.7 Å². The fourth-order valence-corrected chi connectivity index (χ4v) is 4.44. The molecule has 1 aliphatic heterocycles. The van der Waals surface area contributed by atoms with Gasteiger partial charge in [-0.15, -0.1) is 0 Å². The van der Waals surface area contributed by atoms with Crippen molar-refractivity contribution in [2.45, 2.75) is 13.0 Å². The summed E-state index contributed by atoms with van der Waals surface area (Å²) in [6.07, 6.45) is 0. The SMILES string of the molecule is COc1ccc(C(O)=C2C(=O)C(=O)N(c3ccc(C)c(Br)c3)[C@@H]2c2ccc(OC)cc2OC)cc1. The fourth-order valence-electron chi connectivity index (χ4n) is 4.07. The predicted octanol–water partition coefficient (Wildman–Crippen LogP) is 5.41. The van der Waals surface area contributed by atoms with Crippen LogP contribution in [0.15, 0.2) is 70.7 Å². The Morgan fingerprint density at radius 3 is 2.14 bits per heavy atom. The highest BCUT2D eigenvalue weighted by atomic mass is 79.9. The van der Waals surface area contributed by atoms with Crippen LogP contribution >= 0.6 is 15.9 Å². The van der Waals surface area contributed by atoms with Crippen molar-refractivity contribution in [1.29, 1.82) is 0 Å². The number of amides is 1. The van der Waals surface area contributed by atoms with Crippen LogP contribution in [0.5, 0.6) is 17.2 Å². The van der Waals surface area contributed by atoms with Crippen LogP contribution in [0.3, 0.4) is 0 Å². The number of Topliss-reactive ketones (excluding diaryl/α,β-unsaturated/α-hetero) is 1. The number of hydrogen-bond donors (Lipinski definition) is 1. The average molecular weight is 538 g/mol. The molecule has 0 aromatic heterocycles. The van der Waals surface area contributed by atoms with E-state index in [0.29, 0.717) is 34.1 Å². The molecule has 1 heterocycles. The van der Waals surface area contributed by atoms with Crippen molar-refractivity contribution in [3.63, 3.8) is 0 Å². The summed E-state index contributed by atoms with van der Waals surface area (Å²) in [5.41, 5.74) is 2.34. The number of methoxy groups -OCH3 is 3. The lowest BCUT2D eigenvalue weighted by molar-refractivity contribution is -0.132. The third-order valence-electron chi connectivity index (χ3n) is 5.98. The number of hydrogen-bond acceptors (Lipinski definition) is 6. The number of ether oxygens (including phenoxy) is 3. The molecule has 1 aliphatic rings. The molecule has 1 amide bonds. The van der Waals surface area contributed by atoms with Gasteiger partial charge in [-0.2, -0.15) is 0 Å². The van der Waals surface area contributed by atoms with Crippen molar-refractivity contribution in [1.82, 2.24) is 0 Å². The highest BCUT2D eigenvalue weighted by molar-refractivity contribution is 9.10. The molecular formula is C27H24BrNO6. The lowest BCUT2D eigenvalue weighted by Crippen LogP contribution is -2.29. The largest absolute Gasteiger partial charge is 0.507 e. The van der Waals surface area contributed by atoms with E-state index in [1.165, 1.54) is 26.2 Å². The Morgan fingerprint density at radius 1 is 0.886 bits per heavy atom. The highest BCUT2D eigenvalue weighted by Crippen LogP contribution is 2.46. The van der Waals surface area contributed by atoms with Crippen LogP contribution in [0.1, 0.15) is 22.7 Å². The first kappa shape index (κ1) is 24.3. The number of nitrogens with zero attached hydrogens (tertiary/aromatic N) is 1. The molecule has 1 atom stereocenters. The van der Waals surface area contributed by atoms with Crippen molar-refractivity contribution in [2.75, 3.05) is 26.2 Å². The Labute approximate surface area is 211 Å². The number of halogens is 1. The Morgan fingerprint density at radius 2 is 1.54 bits per heavy atom. The summed E-state index contributed by atoms with van der Waals surface area (Å²) in [5, 5.41) is 11.3. The second-order valence-corrected chi connectivity index (χ2v) is 8.79. The number of benzene rings is 3. The number of carbonyl (C=O) groups is 2. The molecular weight excluding hydrogens is 514 g/mol. The predicted molar refractivity (Wildman–Crippen MR) is 136 cm³/mol. The van der Waals surface area contributed by atoms with Crippen molar-refractivity contribution in [3.05, 3.63) is 87.4 Å². The summed E-state index contributed by atoms with van der Waals surface area (Å²) in [6, 6.07) is 16.2. The maximum absolute atomic E-state index is 13.4. The van der Waals surface area contributed by atoms with Gasteiger partial charge in [0.1, 0.15) is 23.0 Å². The number of carbonyl (C=O) groups excluding carboxylic acids is 2. The molecule has 3 aromatic carbocycles. The molecule has 0 bridgehead atoms. The van der Waals surface area contributed by atoms with Crippen LogP contribution in [-0.4, -0.2) is 38.1 Å². The van der Waals surface area contributed by atoms with Gasteiger partial charge in [0, 0.05) is 27.4 Å². The molecule has 1 saturated heterocycles. The molecule has 1 N–H and O–H groups in total. The van der Waals surface area contributed by atoms with Crippen LogP contribution in [0.4, 0.5) is 5.69 Å². The molecule has 8 heteroatoms. The Bertz CT molecular complexity index is 1330. The topological polar surface area (TPSA) is 85.3 Å². The first-order valence-corrected chi connectivity index (χ1v) is 11.5. The number of aliphatic hydroxyl groups excluding tert-OH is 1. The fraction of sp³-hybridized carbons (Fsp3) is 0.185. The van der Waals surface area contributed by atoms with E-state index in [1.54, 1.807) is 54.6 Å². The summed E-state index contributed by atoms with van der Waals surface area (Å²) < 4.78 is 16.9. The minimum Gasteiger partial charge on any atom is -0.507 e. The standard InChI is InChI=1S/C27H24BrNO6/c1-15-5-8-17(13-21(15)28)29-24(20-12-11-19(34-3)14-22(20)35-4)23(26(31)27(29)32)25(30)16-6-9-18(33-2)10-7-16/h5-14,24,30H,1-4H3/t24-/m1/s1. The summed E-state index contributed by atoms with van der Waals surface area (Å²) in [4.78, 5) is 28.1. The third kappa shape index (κ3) is 4.37. The molecule has 35 heavy (non-hydrogen) atoms. The number of anilines is 1. The zero-order valence-electron chi connectivity index (χ0n) is 19.7. The molecule has 0 saturated carbocycles. The summed E-state index contributed by atoms with van der Waals surface area (Å²) in [5.74, 6) is -0.275. The van der Waals surface area contributed by atoms with E-state index in [-0.39, 0.29) is 11.3 Å². The lowest BCUT2D eigenvalue weighted by atomic mass is 9.94. The second kappa shape index (κ2) is 9.84. The van der Waals surface area contributed by atoms with Gasteiger partial charge in [-0.25, -0.2) is 0 Å². The van der Waals surface area contributed by atoms with Crippen molar-refractivity contribution >= 4 is 39.1 Å². The Hall–Kier alpha value is -3.78. The molecule has 0 radical (unpaired) electrons. The summed E-state index contributed by atoms with van der Waals surface area (Å²) >= 11 is 3.51. The first-order valence-electron chi connectivity index (χ1n) is 10.7. The second-order valence-electron chi connectivity index (χ2n) is 7.94. The smallest absolute Gasteiger partial charge is 0.300 e. The number of aliphatic hydroxyl groups is 1. The maximum atomic E-state index is 13.4. The van der Waals surface area contributed by atoms with Crippen molar-refractivity contribution in [3.8, 4) is 17.2 Å². The number of aryl methyl sites for hydroxylation is 1. The van der Waals surface area contributed by atoms with Crippen molar-refractivity contribution < 1.29 is 28.9 Å². The quantitative estimate of drug-likeness (QED) is 0.257. The van der Waals surface area contributed by atoms with Gasteiger partial charge in [-0.3, -0.25) is 14.5 Å². The zero-order valence-corrected chi connectivity index (χ0v) is 21.3. The van der Waals surface area contributed by atoms with E-state index < -0.39 is 17.7 Å². The van der Waals surface area contributed by atoms with E-state index >= 15 is 0 Å². The van der Waals surface area contributed by atoms with E-state index in [1.807, 2.05) is 13.0 Å². The molecule has 4 rings (SSSR count). The monoisotopic (exact) mass is 537 g/mol. The average Bonchev–Trinajstić information content (AvgIpc) is 3.14.